The van der Waals surface area contributed by atoms with E-state index in [0.717, 1.165) is 33.1 Å². The minimum Gasteiger partial charge on any atom is -0.275 e. The highest BCUT2D eigenvalue weighted by molar-refractivity contribution is 6.37. The Hall–Kier alpha value is -2.91. The van der Waals surface area contributed by atoms with E-state index in [1.165, 1.54) is 0 Å². The van der Waals surface area contributed by atoms with Crippen LogP contribution in [-0.4, -0.2) is 10.9 Å². The Morgan fingerprint density at radius 3 is 2.56 bits per heavy atom. The number of aryl methyl sites for hydroxylation is 1. The number of fused-ring (bicyclic) bond motifs is 2. The fourth-order valence-electron chi connectivity index (χ4n) is 3.59. The van der Waals surface area contributed by atoms with Gasteiger partial charge in [-0.1, -0.05) is 41.4 Å². The molecule has 0 saturated carbocycles. The zero-order valence-electron chi connectivity index (χ0n) is 13.5. The van der Waals surface area contributed by atoms with Gasteiger partial charge in [-0.05, 0) is 43.3 Å². The van der Waals surface area contributed by atoms with E-state index in [0.29, 0.717) is 16.3 Å². The number of aromatic nitrogens is 1. The number of carbonyl (C=O) groups is 1. The fourth-order valence-corrected chi connectivity index (χ4v) is 3.81. The van der Waals surface area contributed by atoms with Gasteiger partial charge in [0.15, 0.2) is 0 Å². The van der Waals surface area contributed by atoms with Gasteiger partial charge in [-0.2, -0.15) is 0 Å². The predicted molar refractivity (Wildman–Crippen MR) is 102 cm³/mol. The van der Waals surface area contributed by atoms with Gasteiger partial charge in [0.05, 0.1) is 33.0 Å². The monoisotopic (exact) mass is 344 g/mol. The second-order valence-electron chi connectivity index (χ2n) is 6.27. The van der Waals surface area contributed by atoms with Crippen molar-refractivity contribution in [2.75, 3.05) is 4.90 Å². The summed E-state index contributed by atoms with van der Waals surface area (Å²) in [5.41, 5.74) is 5.00. The summed E-state index contributed by atoms with van der Waals surface area (Å²) in [6, 6.07) is 19.3. The van der Waals surface area contributed by atoms with Gasteiger partial charge in [-0.25, -0.2) is 4.98 Å². The Bertz CT molecular complexity index is 1200. The van der Waals surface area contributed by atoms with Crippen LogP contribution < -0.4 is 4.90 Å². The van der Waals surface area contributed by atoms with Gasteiger partial charge in [0.1, 0.15) is 0 Å². The van der Waals surface area contributed by atoms with E-state index in [-0.39, 0.29) is 5.91 Å². The fraction of sp³-hybridized carbons (Fsp3) is 0.0476. The Balaban J connectivity index is 1.91. The predicted octanol–water partition coefficient (Wildman–Crippen LogP) is 5.64. The Morgan fingerprint density at radius 2 is 1.72 bits per heavy atom. The van der Waals surface area contributed by atoms with Crippen LogP contribution in [0.2, 0.25) is 5.02 Å². The minimum absolute atomic E-state index is 0.0581. The number of hydrogen-bond donors (Lipinski definition) is 0. The van der Waals surface area contributed by atoms with Gasteiger partial charge in [0.2, 0.25) is 0 Å². The van der Waals surface area contributed by atoms with E-state index in [1.807, 2.05) is 61.5 Å². The Labute approximate surface area is 149 Å². The summed E-state index contributed by atoms with van der Waals surface area (Å²) >= 11 is 6.38. The van der Waals surface area contributed by atoms with Crippen LogP contribution in [0, 0.1) is 6.92 Å². The highest BCUT2D eigenvalue weighted by atomic mass is 35.5. The van der Waals surface area contributed by atoms with Crippen LogP contribution in [-0.2, 0) is 0 Å². The van der Waals surface area contributed by atoms with Crippen LogP contribution in [0.5, 0.6) is 0 Å². The summed E-state index contributed by atoms with van der Waals surface area (Å²) in [5.74, 6) is -0.0581. The molecule has 0 saturated heterocycles. The molecule has 120 valence electrons. The molecule has 0 fully saturated rings. The number of hydrogen-bond acceptors (Lipinski definition) is 2. The second kappa shape index (κ2) is 5.04. The van der Waals surface area contributed by atoms with Crippen molar-refractivity contribution in [3.63, 3.8) is 0 Å². The van der Waals surface area contributed by atoms with Crippen molar-refractivity contribution in [2.45, 2.75) is 6.92 Å². The lowest BCUT2D eigenvalue weighted by Gasteiger charge is -2.19. The molecule has 0 radical (unpaired) electrons. The number of benzene rings is 3. The summed E-state index contributed by atoms with van der Waals surface area (Å²) in [6.45, 7) is 2.02. The van der Waals surface area contributed by atoms with Crippen LogP contribution in [0.15, 0.2) is 60.7 Å². The van der Waals surface area contributed by atoms with Gasteiger partial charge < -0.3 is 0 Å². The molecule has 0 N–H and O–H groups in total. The van der Waals surface area contributed by atoms with Crippen molar-refractivity contribution in [3.05, 3.63) is 76.8 Å². The largest absolute Gasteiger partial charge is 0.275 e. The summed E-state index contributed by atoms with van der Waals surface area (Å²) in [5, 5.41) is 2.33. The van der Waals surface area contributed by atoms with Crippen molar-refractivity contribution in [1.29, 1.82) is 0 Å². The number of rotatable bonds is 1. The lowest BCUT2D eigenvalue weighted by Crippen LogP contribution is -2.21. The third kappa shape index (κ3) is 1.93. The molecule has 0 atom stereocenters. The van der Waals surface area contributed by atoms with Crippen molar-refractivity contribution < 1.29 is 4.79 Å². The molecule has 5 rings (SSSR count). The van der Waals surface area contributed by atoms with Crippen LogP contribution in [0.25, 0.3) is 21.8 Å². The third-order valence-corrected chi connectivity index (χ3v) is 5.00. The van der Waals surface area contributed by atoms with E-state index >= 15 is 0 Å². The number of nitrogens with zero attached hydrogens (tertiary/aromatic N) is 2. The number of anilines is 2. The van der Waals surface area contributed by atoms with Crippen molar-refractivity contribution in [1.82, 2.24) is 4.98 Å². The van der Waals surface area contributed by atoms with E-state index < -0.39 is 0 Å². The molecule has 1 aromatic heterocycles. The molecule has 1 amide bonds. The quantitative estimate of drug-likeness (QED) is 0.418. The molecule has 0 spiro atoms. The molecule has 1 aliphatic heterocycles. The maximum atomic E-state index is 13.4. The molecule has 0 aliphatic carbocycles. The first-order chi connectivity index (χ1) is 12.1. The molecule has 3 aromatic carbocycles. The number of amides is 1. The summed E-state index contributed by atoms with van der Waals surface area (Å²) < 4.78 is 0. The second-order valence-corrected chi connectivity index (χ2v) is 6.68. The molecule has 25 heavy (non-hydrogen) atoms. The first kappa shape index (κ1) is 14.4. The van der Waals surface area contributed by atoms with E-state index in [4.69, 9.17) is 16.6 Å². The van der Waals surface area contributed by atoms with E-state index in [2.05, 4.69) is 0 Å². The highest BCUT2D eigenvalue weighted by Gasteiger charge is 2.34. The maximum absolute atomic E-state index is 13.4. The average molecular weight is 345 g/mol. The Morgan fingerprint density at radius 1 is 0.920 bits per heavy atom. The molecule has 4 heteroatoms. The maximum Gasteiger partial charge on any atom is 0.264 e. The van der Waals surface area contributed by atoms with Gasteiger partial charge in [-0.3, -0.25) is 9.69 Å². The zero-order valence-corrected chi connectivity index (χ0v) is 14.2. The van der Waals surface area contributed by atoms with Crippen LogP contribution in [0.1, 0.15) is 15.9 Å². The lowest BCUT2D eigenvalue weighted by molar-refractivity contribution is 0.101. The molecule has 0 unspecified atom stereocenters. The smallest absolute Gasteiger partial charge is 0.264 e. The lowest BCUT2D eigenvalue weighted by atomic mass is 10.0. The normalized spacial score (nSPS) is 13.2. The SMILES string of the molecule is Cc1ccc2nc3cccc4c3c(c2c1)C(=O)N4c1ccccc1Cl. The third-order valence-electron chi connectivity index (χ3n) is 4.68. The van der Waals surface area contributed by atoms with Crippen molar-refractivity contribution in [3.8, 4) is 0 Å². The van der Waals surface area contributed by atoms with Crippen LogP contribution >= 0.6 is 11.6 Å². The van der Waals surface area contributed by atoms with Gasteiger partial charge in [-0.15, -0.1) is 0 Å². The van der Waals surface area contributed by atoms with Gasteiger partial charge >= 0.3 is 0 Å². The average Bonchev–Trinajstić information content (AvgIpc) is 2.91. The summed E-state index contributed by atoms with van der Waals surface area (Å²) in [4.78, 5) is 19.8. The standard InChI is InChI=1S/C21H13ClN2O/c1-12-9-10-15-13(11-12)19-20-16(23-15)6-4-8-18(20)24(21(19)25)17-7-3-2-5-14(17)22/h2-11H,1H3. The highest BCUT2D eigenvalue weighted by Crippen LogP contribution is 2.45. The van der Waals surface area contributed by atoms with Gasteiger partial charge in [0.25, 0.3) is 5.91 Å². The van der Waals surface area contributed by atoms with E-state index in [9.17, 15) is 4.79 Å². The summed E-state index contributed by atoms with van der Waals surface area (Å²) in [6.07, 6.45) is 0. The molecule has 0 bridgehead atoms. The van der Waals surface area contributed by atoms with E-state index in [1.54, 1.807) is 11.0 Å². The number of pyridine rings is 1. The van der Waals surface area contributed by atoms with Crippen LogP contribution in [0.4, 0.5) is 11.4 Å². The van der Waals surface area contributed by atoms with Gasteiger partial charge in [0, 0.05) is 10.8 Å². The molecule has 2 heterocycles. The number of para-hydroxylation sites is 1. The summed E-state index contributed by atoms with van der Waals surface area (Å²) in [7, 11) is 0. The molecule has 1 aliphatic rings. The molecule has 3 nitrogen and oxygen atoms in total. The molecule has 4 aromatic rings. The molecular formula is C21H13ClN2O. The van der Waals surface area contributed by atoms with Crippen molar-refractivity contribution >= 4 is 50.7 Å². The number of carbonyl (C=O) groups excluding carboxylic acids is 1. The first-order valence-electron chi connectivity index (χ1n) is 8.07. The number of halogens is 1. The zero-order chi connectivity index (χ0) is 17.1. The topological polar surface area (TPSA) is 33.2 Å². The minimum atomic E-state index is -0.0581. The molecular weight excluding hydrogens is 332 g/mol. The van der Waals surface area contributed by atoms with Crippen LogP contribution in [0.3, 0.4) is 0 Å². The Kier molecular flexibility index (Phi) is 2.91. The first-order valence-corrected chi connectivity index (χ1v) is 8.45. The van der Waals surface area contributed by atoms with Crippen molar-refractivity contribution in [2.24, 2.45) is 0 Å².